The number of nitrogens with zero attached hydrogens (tertiary/aromatic N) is 4. The van der Waals surface area contributed by atoms with E-state index in [0.29, 0.717) is 5.57 Å². The first-order chi connectivity index (χ1) is 13.2. The molecule has 4 aliphatic rings. The van der Waals surface area contributed by atoms with Gasteiger partial charge >= 0.3 is 0 Å². The summed E-state index contributed by atoms with van der Waals surface area (Å²) in [4.78, 5) is 9.56. The summed E-state index contributed by atoms with van der Waals surface area (Å²) in [6.07, 6.45) is 9.34. The molecule has 0 N–H and O–H groups in total. The molecule has 3 aliphatic heterocycles. The van der Waals surface area contributed by atoms with Crippen molar-refractivity contribution in [3.05, 3.63) is 71.1 Å². The molecule has 1 aromatic carbocycles. The predicted octanol–water partition coefficient (Wildman–Crippen LogP) is 3.55. The van der Waals surface area contributed by atoms with Gasteiger partial charge in [0.15, 0.2) is 0 Å². The molecule has 1 fully saturated rings. The predicted molar refractivity (Wildman–Crippen MR) is 105 cm³/mol. The van der Waals surface area contributed by atoms with Gasteiger partial charge in [-0.25, -0.2) is 4.99 Å². The smallest absolute Gasteiger partial charge is 0.149 e. The van der Waals surface area contributed by atoms with Crippen LogP contribution in [0, 0.1) is 11.3 Å². The molecule has 0 aromatic heterocycles. The van der Waals surface area contributed by atoms with E-state index in [1.54, 1.807) is 7.11 Å². The summed E-state index contributed by atoms with van der Waals surface area (Å²) in [5.74, 6) is 1.66. The Balaban J connectivity index is 1.62. The van der Waals surface area contributed by atoms with E-state index in [0.717, 1.165) is 41.5 Å². The van der Waals surface area contributed by atoms with Gasteiger partial charge in [0.1, 0.15) is 23.8 Å². The highest BCUT2D eigenvalue weighted by Crippen LogP contribution is 2.45. The van der Waals surface area contributed by atoms with Gasteiger partial charge < -0.3 is 14.5 Å². The standard InChI is InChI=1S/C22H20N4O/c1-14-17-11-12-25(15-7-9-16(27-2)10-8-15)22(17)26-20-6-4-3-5-19(20)24-21(26)18(14)13-23/h3-10,20,22H,11-12H2,1-2H3. The zero-order chi connectivity index (χ0) is 18.5. The van der Waals surface area contributed by atoms with Crippen molar-refractivity contribution < 1.29 is 4.74 Å². The molecule has 0 spiro atoms. The van der Waals surface area contributed by atoms with Crippen molar-refractivity contribution in [2.75, 3.05) is 18.6 Å². The van der Waals surface area contributed by atoms with Gasteiger partial charge in [-0.05, 0) is 54.8 Å². The maximum Gasteiger partial charge on any atom is 0.149 e. The molecule has 3 heterocycles. The molecule has 134 valence electrons. The lowest BCUT2D eigenvalue weighted by Gasteiger charge is -2.42. The molecule has 27 heavy (non-hydrogen) atoms. The van der Waals surface area contributed by atoms with E-state index in [9.17, 15) is 5.26 Å². The first-order valence-corrected chi connectivity index (χ1v) is 9.20. The maximum absolute atomic E-state index is 9.80. The second kappa shape index (κ2) is 5.88. The lowest BCUT2D eigenvalue weighted by Crippen LogP contribution is -2.50. The Hall–Kier alpha value is -3.26. The molecule has 1 aromatic rings. The molecule has 1 saturated heterocycles. The van der Waals surface area contributed by atoms with E-state index in [1.807, 2.05) is 24.3 Å². The van der Waals surface area contributed by atoms with E-state index < -0.39 is 0 Å². The summed E-state index contributed by atoms with van der Waals surface area (Å²) in [5.41, 5.74) is 5.29. The van der Waals surface area contributed by atoms with Crippen LogP contribution in [-0.4, -0.2) is 36.5 Å². The third-order valence-corrected chi connectivity index (χ3v) is 5.84. The first-order valence-electron chi connectivity index (χ1n) is 9.20. The molecule has 0 amide bonds. The monoisotopic (exact) mass is 356 g/mol. The topological polar surface area (TPSA) is 51.9 Å². The van der Waals surface area contributed by atoms with Crippen LogP contribution in [-0.2, 0) is 0 Å². The number of methoxy groups -OCH3 is 1. The minimum absolute atomic E-state index is 0.0836. The van der Waals surface area contributed by atoms with Gasteiger partial charge in [-0.3, -0.25) is 0 Å². The van der Waals surface area contributed by atoms with Gasteiger partial charge in [0, 0.05) is 12.2 Å². The third-order valence-electron chi connectivity index (χ3n) is 5.84. The van der Waals surface area contributed by atoms with Crippen LogP contribution >= 0.6 is 0 Å². The van der Waals surface area contributed by atoms with Gasteiger partial charge in [0.2, 0.25) is 0 Å². The number of hydrogen-bond donors (Lipinski definition) is 0. The zero-order valence-electron chi connectivity index (χ0n) is 15.4. The summed E-state index contributed by atoms with van der Waals surface area (Å²) >= 11 is 0. The van der Waals surface area contributed by atoms with E-state index in [2.05, 4.69) is 47.1 Å². The Morgan fingerprint density at radius 3 is 2.78 bits per heavy atom. The second-order valence-electron chi connectivity index (χ2n) is 7.11. The molecule has 1 aliphatic carbocycles. The fourth-order valence-electron chi connectivity index (χ4n) is 4.51. The fraction of sp³-hybridized carbons (Fsp3) is 0.273. The molecule has 0 bridgehead atoms. The summed E-state index contributed by atoms with van der Waals surface area (Å²) < 4.78 is 5.31. The number of nitriles is 1. The number of fused-ring (bicyclic) bond motifs is 5. The minimum atomic E-state index is 0.0836. The molecule has 5 heteroatoms. The summed E-state index contributed by atoms with van der Waals surface area (Å²) in [5, 5.41) is 9.80. The van der Waals surface area contributed by atoms with Crippen molar-refractivity contribution in [2.45, 2.75) is 25.6 Å². The Bertz CT molecular complexity index is 1000. The van der Waals surface area contributed by atoms with Crippen LogP contribution in [0.25, 0.3) is 0 Å². The van der Waals surface area contributed by atoms with Crippen LogP contribution < -0.4 is 9.64 Å². The van der Waals surface area contributed by atoms with Crippen LogP contribution in [0.3, 0.4) is 0 Å². The Kier molecular flexibility index (Phi) is 3.48. The number of benzene rings is 1. The van der Waals surface area contributed by atoms with Gasteiger partial charge in [0.25, 0.3) is 0 Å². The van der Waals surface area contributed by atoms with Crippen molar-refractivity contribution >= 4 is 11.4 Å². The van der Waals surface area contributed by atoms with Crippen LogP contribution in [0.2, 0.25) is 0 Å². The molecular weight excluding hydrogens is 336 g/mol. The largest absolute Gasteiger partial charge is 0.497 e. The van der Waals surface area contributed by atoms with Crippen LogP contribution in [0.5, 0.6) is 5.75 Å². The van der Waals surface area contributed by atoms with Crippen molar-refractivity contribution in [1.29, 1.82) is 5.26 Å². The molecular formula is C22H20N4O. The number of anilines is 1. The van der Waals surface area contributed by atoms with Gasteiger partial charge in [-0.15, -0.1) is 0 Å². The third kappa shape index (κ3) is 2.20. The molecule has 5 nitrogen and oxygen atoms in total. The zero-order valence-corrected chi connectivity index (χ0v) is 15.4. The molecule has 0 radical (unpaired) electrons. The number of hydrogen-bond acceptors (Lipinski definition) is 5. The number of aliphatic imine (C=N–C) groups is 1. The van der Waals surface area contributed by atoms with Crippen molar-refractivity contribution in [3.63, 3.8) is 0 Å². The van der Waals surface area contributed by atoms with E-state index in [1.165, 1.54) is 5.57 Å². The second-order valence-corrected chi connectivity index (χ2v) is 7.11. The number of allylic oxidation sites excluding steroid dienone is 4. The highest BCUT2D eigenvalue weighted by atomic mass is 16.5. The SMILES string of the molecule is COc1ccc(N2CCC3=C(C)C(C#N)=C4N=C5C=CC=CC5N4C32)cc1. The molecule has 2 atom stereocenters. The highest BCUT2D eigenvalue weighted by molar-refractivity contribution is 6.04. The Morgan fingerprint density at radius 2 is 2.04 bits per heavy atom. The number of rotatable bonds is 2. The van der Waals surface area contributed by atoms with Gasteiger partial charge in [0.05, 0.1) is 24.4 Å². The molecule has 2 unspecified atom stereocenters. The summed E-state index contributed by atoms with van der Waals surface area (Å²) in [7, 11) is 1.68. The van der Waals surface area contributed by atoms with E-state index in [4.69, 9.17) is 9.73 Å². The van der Waals surface area contributed by atoms with Crippen molar-refractivity contribution in [3.8, 4) is 11.8 Å². The fourth-order valence-corrected chi connectivity index (χ4v) is 4.51. The minimum Gasteiger partial charge on any atom is -0.497 e. The lowest BCUT2D eigenvalue weighted by atomic mass is 9.93. The van der Waals surface area contributed by atoms with Gasteiger partial charge in [-0.1, -0.05) is 18.2 Å². The first kappa shape index (κ1) is 16.0. The van der Waals surface area contributed by atoms with Crippen molar-refractivity contribution in [2.24, 2.45) is 4.99 Å². The lowest BCUT2D eigenvalue weighted by molar-refractivity contribution is 0.289. The van der Waals surface area contributed by atoms with E-state index >= 15 is 0 Å². The van der Waals surface area contributed by atoms with Crippen LogP contribution in [0.4, 0.5) is 5.69 Å². The van der Waals surface area contributed by atoms with E-state index in [-0.39, 0.29) is 12.2 Å². The van der Waals surface area contributed by atoms with Gasteiger partial charge in [-0.2, -0.15) is 5.26 Å². The Morgan fingerprint density at radius 1 is 1.22 bits per heavy atom. The van der Waals surface area contributed by atoms with Crippen molar-refractivity contribution in [1.82, 2.24) is 4.90 Å². The Labute approximate surface area is 158 Å². The summed E-state index contributed by atoms with van der Waals surface area (Å²) in [6.45, 7) is 2.99. The van der Waals surface area contributed by atoms with Crippen LogP contribution in [0.15, 0.2) is 76.1 Å². The average molecular weight is 356 g/mol. The number of ether oxygens (including phenoxy) is 1. The molecule has 0 saturated carbocycles. The normalized spacial score (nSPS) is 25.3. The van der Waals surface area contributed by atoms with Crippen LogP contribution in [0.1, 0.15) is 13.3 Å². The highest BCUT2D eigenvalue weighted by Gasteiger charge is 2.47. The summed E-state index contributed by atoms with van der Waals surface area (Å²) in [6, 6.07) is 10.7. The molecule has 5 rings (SSSR count). The quantitative estimate of drug-likeness (QED) is 0.813. The average Bonchev–Trinajstić information content (AvgIpc) is 3.30. The maximum atomic E-state index is 9.80.